The van der Waals surface area contributed by atoms with Crippen molar-refractivity contribution in [3.8, 4) is 0 Å². The molecule has 0 heterocycles. The van der Waals surface area contributed by atoms with E-state index in [0.29, 0.717) is 11.3 Å². The normalized spacial score (nSPS) is 14.3. The van der Waals surface area contributed by atoms with Crippen LogP contribution in [0, 0.1) is 0 Å². The summed E-state index contributed by atoms with van der Waals surface area (Å²) in [6.07, 6.45) is -4.01. The molecule has 0 saturated carbocycles. The van der Waals surface area contributed by atoms with Crippen LogP contribution in [0.1, 0.15) is 24.5 Å². The second-order valence-electron chi connectivity index (χ2n) is 4.13. The number of nitrogens with two attached hydrogens (primary N) is 1. The summed E-state index contributed by atoms with van der Waals surface area (Å²) in [6.45, 7) is 1.81. The zero-order valence-corrected chi connectivity index (χ0v) is 11.5. The largest absolute Gasteiger partial charge is 0.416 e. The van der Waals surface area contributed by atoms with Gasteiger partial charge in [-0.1, -0.05) is 12.1 Å². The molecule has 0 saturated heterocycles. The van der Waals surface area contributed by atoms with Crippen molar-refractivity contribution in [1.82, 2.24) is 0 Å². The lowest BCUT2D eigenvalue weighted by atomic mass is 10.1. The van der Waals surface area contributed by atoms with Gasteiger partial charge in [-0.15, -0.1) is 11.8 Å². The Morgan fingerprint density at radius 2 is 2.10 bits per heavy atom. The van der Waals surface area contributed by atoms with Gasteiger partial charge < -0.3 is 16.0 Å². The maximum Gasteiger partial charge on any atom is 0.416 e. The molecule has 0 spiro atoms. The number of amidine groups is 1. The first-order valence-corrected chi connectivity index (χ1v) is 6.64. The lowest BCUT2D eigenvalue weighted by Crippen LogP contribution is -2.17. The topological polar surface area (TPSA) is 78.8 Å². The molecule has 0 aliphatic heterocycles. The monoisotopic (exact) mass is 308 g/mol. The molecule has 112 valence electrons. The Morgan fingerprint density at radius 1 is 1.45 bits per heavy atom. The summed E-state index contributed by atoms with van der Waals surface area (Å²) in [7, 11) is 0. The van der Waals surface area contributed by atoms with Crippen molar-refractivity contribution in [2.75, 3.05) is 6.61 Å². The molecular formula is C12H15F3N2O2S. The molecule has 1 rings (SSSR count). The van der Waals surface area contributed by atoms with Gasteiger partial charge in [-0.3, -0.25) is 0 Å². The average Bonchev–Trinajstić information content (AvgIpc) is 2.37. The third kappa shape index (κ3) is 4.31. The first kappa shape index (κ1) is 16.6. The maximum absolute atomic E-state index is 12.7. The van der Waals surface area contributed by atoms with Crippen LogP contribution in [-0.2, 0) is 6.18 Å². The van der Waals surface area contributed by atoms with E-state index in [2.05, 4.69) is 5.16 Å². The molecule has 20 heavy (non-hydrogen) atoms. The molecule has 1 unspecified atom stereocenters. The van der Waals surface area contributed by atoms with Crippen molar-refractivity contribution in [3.63, 3.8) is 0 Å². The molecule has 0 radical (unpaired) electrons. The molecule has 0 aliphatic rings. The van der Waals surface area contributed by atoms with E-state index in [-0.39, 0.29) is 23.3 Å². The van der Waals surface area contributed by atoms with Crippen LogP contribution in [0.2, 0.25) is 0 Å². The van der Waals surface area contributed by atoms with Gasteiger partial charge in [0.15, 0.2) is 5.84 Å². The van der Waals surface area contributed by atoms with Gasteiger partial charge in [0.1, 0.15) is 0 Å². The Balaban J connectivity index is 3.17. The van der Waals surface area contributed by atoms with Gasteiger partial charge in [-0.2, -0.15) is 13.2 Å². The van der Waals surface area contributed by atoms with Crippen molar-refractivity contribution in [1.29, 1.82) is 0 Å². The van der Waals surface area contributed by atoms with Gasteiger partial charge in [0.05, 0.1) is 5.56 Å². The number of aliphatic hydroxyl groups excluding tert-OH is 1. The lowest BCUT2D eigenvalue weighted by Gasteiger charge is -2.15. The van der Waals surface area contributed by atoms with Crippen molar-refractivity contribution in [2.24, 2.45) is 10.9 Å². The number of hydrogen-bond donors (Lipinski definition) is 3. The second kappa shape index (κ2) is 6.85. The Bertz CT molecular complexity index is 492. The minimum Gasteiger partial charge on any atom is -0.409 e. The van der Waals surface area contributed by atoms with E-state index in [0.717, 1.165) is 12.1 Å². The van der Waals surface area contributed by atoms with E-state index in [1.54, 1.807) is 0 Å². The van der Waals surface area contributed by atoms with Gasteiger partial charge in [0.25, 0.3) is 0 Å². The van der Waals surface area contributed by atoms with E-state index < -0.39 is 11.7 Å². The second-order valence-corrected chi connectivity index (χ2v) is 5.61. The Hall–Kier alpha value is -1.41. The van der Waals surface area contributed by atoms with Crippen LogP contribution < -0.4 is 5.73 Å². The number of benzene rings is 1. The number of halogens is 3. The van der Waals surface area contributed by atoms with Gasteiger partial charge >= 0.3 is 6.18 Å². The fraction of sp³-hybridized carbons (Fsp3) is 0.417. The molecule has 0 fully saturated rings. The molecule has 0 aromatic heterocycles. The fourth-order valence-corrected chi connectivity index (χ4v) is 2.61. The molecule has 0 aliphatic carbocycles. The van der Waals surface area contributed by atoms with Crippen LogP contribution in [0.3, 0.4) is 0 Å². The average molecular weight is 308 g/mol. The van der Waals surface area contributed by atoms with Crippen LogP contribution in [0.25, 0.3) is 0 Å². The van der Waals surface area contributed by atoms with Gasteiger partial charge in [-0.25, -0.2) is 0 Å². The minimum atomic E-state index is -4.50. The zero-order valence-electron chi connectivity index (χ0n) is 10.7. The number of rotatable bonds is 5. The summed E-state index contributed by atoms with van der Waals surface area (Å²) >= 11 is 1.26. The first-order valence-electron chi connectivity index (χ1n) is 5.76. The smallest absolute Gasteiger partial charge is 0.409 e. The Morgan fingerprint density at radius 3 is 2.60 bits per heavy atom. The van der Waals surface area contributed by atoms with Crippen molar-refractivity contribution < 1.29 is 23.5 Å². The van der Waals surface area contributed by atoms with Gasteiger partial charge in [0, 0.05) is 22.3 Å². The van der Waals surface area contributed by atoms with E-state index in [1.807, 2.05) is 6.92 Å². The van der Waals surface area contributed by atoms with Crippen LogP contribution in [0.5, 0.6) is 0 Å². The molecule has 0 bridgehead atoms. The number of hydrogen-bond acceptors (Lipinski definition) is 4. The quantitative estimate of drug-likeness (QED) is 0.257. The number of thioether (sulfide) groups is 1. The van der Waals surface area contributed by atoms with Crippen LogP contribution >= 0.6 is 11.8 Å². The predicted octanol–water partition coefficient (Wildman–Crippen LogP) is 2.66. The standard InChI is InChI=1S/C12H15F3N2O2S/c1-7(4-5-18)20-10-3-2-8(12(13,14)15)6-9(10)11(16)17-19/h2-3,6-7,18-19H,4-5H2,1H3,(H2,16,17). The third-order valence-corrected chi connectivity index (χ3v) is 3.80. The van der Waals surface area contributed by atoms with Crippen LogP contribution in [0.15, 0.2) is 28.3 Å². The van der Waals surface area contributed by atoms with Crippen LogP contribution in [0.4, 0.5) is 13.2 Å². The highest BCUT2D eigenvalue weighted by atomic mass is 32.2. The third-order valence-electron chi connectivity index (χ3n) is 2.55. The summed E-state index contributed by atoms with van der Waals surface area (Å²) in [4.78, 5) is 0.467. The lowest BCUT2D eigenvalue weighted by molar-refractivity contribution is -0.137. The highest BCUT2D eigenvalue weighted by Crippen LogP contribution is 2.34. The molecule has 1 aromatic rings. The van der Waals surface area contributed by atoms with E-state index in [1.165, 1.54) is 17.8 Å². The predicted molar refractivity (Wildman–Crippen MR) is 71.0 cm³/mol. The highest BCUT2D eigenvalue weighted by molar-refractivity contribution is 8.00. The minimum absolute atomic E-state index is 0.0121. The Kier molecular flexibility index (Phi) is 5.70. The molecule has 8 heteroatoms. The highest BCUT2D eigenvalue weighted by Gasteiger charge is 2.31. The molecule has 0 amide bonds. The molecule has 1 aromatic carbocycles. The van der Waals surface area contributed by atoms with Gasteiger partial charge in [0.2, 0.25) is 0 Å². The zero-order chi connectivity index (χ0) is 15.3. The summed E-state index contributed by atoms with van der Waals surface area (Å²) < 4.78 is 38.0. The van der Waals surface area contributed by atoms with Crippen LogP contribution in [-0.4, -0.2) is 28.0 Å². The first-order chi connectivity index (χ1) is 9.29. The SMILES string of the molecule is CC(CCO)Sc1ccc(C(F)(F)F)cc1C(N)=NO. The number of nitrogens with zero attached hydrogens (tertiary/aromatic N) is 1. The van der Waals surface area contributed by atoms with Crippen molar-refractivity contribution in [2.45, 2.75) is 29.7 Å². The Labute approximate surface area is 118 Å². The van der Waals surface area contributed by atoms with E-state index in [4.69, 9.17) is 16.0 Å². The maximum atomic E-state index is 12.7. The molecular weight excluding hydrogens is 293 g/mol. The van der Waals surface area contributed by atoms with E-state index in [9.17, 15) is 13.2 Å². The summed E-state index contributed by atoms with van der Waals surface area (Å²) in [6, 6.07) is 3.08. The summed E-state index contributed by atoms with van der Waals surface area (Å²) in [5.41, 5.74) is 4.59. The van der Waals surface area contributed by atoms with Crippen molar-refractivity contribution in [3.05, 3.63) is 29.3 Å². The van der Waals surface area contributed by atoms with E-state index >= 15 is 0 Å². The van der Waals surface area contributed by atoms with Gasteiger partial charge in [-0.05, 0) is 24.6 Å². The number of oxime groups is 1. The fourth-order valence-electron chi connectivity index (χ4n) is 1.52. The van der Waals surface area contributed by atoms with Crippen molar-refractivity contribution >= 4 is 17.6 Å². The molecule has 4 nitrogen and oxygen atoms in total. The summed E-state index contributed by atoms with van der Waals surface area (Å²) in [5, 5.41) is 20.3. The molecule has 4 N–H and O–H groups in total. The number of aliphatic hydroxyl groups is 1. The molecule has 1 atom stereocenters. The summed E-state index contributed by atoms with van der Waals surface area (Å²) in [5.74, 6) is -0.380. The number of alkyl halides is 3.